The van der Waals surface area contributed by atoms with E-state index in [0.717, 1.165) is 0 Å². The van der Waals surface area contributed by atoms with Crippen LogP contribution >= 0.6 is 0 Å². The monoisotopic (exact) mass is 521 g/mol. The average molecular weight is 522 g/mol. The van der Waals surface area contributed by atoms with Crippen molar-refractivity contribution in [2.75, 3.05) is 4.72 Å². The number of aliphatic carboxylic acids is 1. The largest absolute Gasteiger partial charge is 0.480 e. The van der Waals surface area contributed by atoms with Crippen LogP contribution in [-0.2, 0) is 24.8 Å². The molecule has 4 rings (SSSR count). The van der Waals surface area contributed by atoms with Crippen molar-refractivity contribution in [2.45, 2.75) is 43.5 Å². The number of carboxylic acid groups (broad SMARTS) is 1. The maximum Gasteiger partial charge on any atom is 0.322 e. The van der Waals surface area contributed by atoms with Gasteiger partial charge < -0.3 is 14.0 Å². The smallest absolute Gasteiger partial charge is 0.322 e. The Morgan fingerprint density at radius 2 is 1.69 bits per heavy atom. The SMILES string of the molecule is Cc1noc(C)c1S(=O)(=O)Nc1ccc2c(c1)oc1ccc(S(=O)(=O)N[C@H](C(=O)O)C(C)C)cc12. The van der Waals surface area contributed by atoms with Gasteiger partial charge in [-0.3, -0.25) is 9.52 Å². The van der Waals surface area contributed by atoms with Crippen molar-refractivity contribution < 1.29 is 35.7 Å². The van der Waals surface area contributed by atoms with Gasteiger partial charge in [-0.2, -0.15) is 4.72 Å². The van der Waals surface area contributed by atoms with Gasteiger partial charge in [-0.15, -0.1) is 0 Å². The van der Waals surface area contributed by atoms with Crippen molar-refractivity contribution in [3.05, 3.63) is 47.9 Å². The number of rotatable bonds is 8. The Hall–Kier alpha value is -3.42. The lowest BCUT2D eigenvalue weighted by molar-refractivity contribution is -0.140. The second-order valence-corrected chi connectivity index (χ2v) is 11.7. The fourth-order valence-electron chi connectivity index (χ4n) is 3.76. The number of nitrogens with one attached hydrogen (secondary N) is 2. The zero-order valence-corrected chi connectivity index (χ0v) is 20.8. The van der Waals surface area contributed by atoms with Crippen molar-refractivity contribution in [3.8, 4) is 0 Å². The van der Waals surface area contributed by atoms with Crippen LogP contribution in [0.5, 0.6) is 0 Å². The van der Waals surface area contributed by atoms with E-state index in [9.17, 15) is 26.7 Å². The fraction of sp³-hybridized carbons (Fsp3) is 0.273. The van der Waals surface area contributed by atoms with Crippen LogP contribution in [0.15, 0.2) is 55.1 Å². The summed E-state index contributed by atoms with van der Waals surface area (Å²) in [6.07, 6.45) is 0. The first-order valence-corrected chi connectivity index (χ1v) is 13.4. The number of hydrogen-bond donors (Lipinski definition) is 3. The molecule has 0 aliphatic heterocycles. The van der Waals surface area contributed by atoms with Crippen LogP contribution < -0.4 is 9.44 Å². The molecule has 4 aromatic rings. The highest BCUT2D eigenvalue weighted by Gasteiger charge is 2.29. The highest BCUT2D eigenvalue weighted by Crippen LogP contribution is 2.33. The molecule has 0 bridgehead atoms. The van der Waals surface area contributed by atoms with Crippen LogP contribution in [0.3, 0.4) is 0 Å². The Morgan fingerprint density at radius 3 is 2.29 bits per heavy atom. The van der Waals surface area contributed by atoms with Crippen molar-refractivity contribution in [3.63, 3.8) is 0 Å². The summed E-state index contributed by atoms with van der Waals surface area (Å²) in [5.41, 5.74) is 1.16. The van der Waals surface area contributed by atoms with E-state index in [2.05, 4.69) is 14.6 Å². The van der Waals surface area contributed by atoms with Gasteiger partial charge in [0.15, 0.2) is 10.7 Å². The third-order valence-corrected chi connectivity index (χ3v) is 8.52. The number of carboxylic acids is 1. The number of anilines is 1. The Bertz CT molecular complexity index is 1650. The lowest BCUT2D eigenvalue weighted by Crippen LogP contribution is -2.44. The minimum atomic E-state index is -4.13. The third-order valence-electron chi connectivity index (χ3n) is 5.46. The maximum absolute atomic E-state index is 12.8. The predicted octanol–water partition coefficient (Wildman–Crippen LogP) is 3.38. The van der Waals surface area contributed by atoms with Gasteiger partial charge in [0, 0.05) is 16.8 Å². The van der Waals surface area contributed by atoms with E-state index in [1.165, 1.54) is 44.2 Å². The van der Waals surface area contributed by atoms with Crippen LogP contribution in [0.4, 0.5) is 5.69 Å². The van der Waals surface area contributed by atoms with Gasteiger partial charge in [0.2, 0.25) is 10.0 Å². The molecule has 11 nitrogen and oxygen atoms in total. The van der Waals surface area contributed by atoms with Gasteiger partial charge in [-0.05, 0) is 50.1 Å². The Kier molecular flexibility index (Phi) is 6.11. The number of benzene rings is 2. The van der Waals surface area contributed by atoms with Crippen LogP contribution in [0.1, 0.15) is 25.3 Å². The van der Waals surface area contributed by atoms with Crippen molar-refractivity contribution in [1.29, 1.82) is 0 Å². The third kappa shape index (κ3) is 4.61. The first-order valence-electron chi connectivity index (χ1n) is 10.5. The molecule has 2 heterocycles. The lowest BCUT2D eigenvalue weighted by Gasteiger charge is -2.17. The minimum absolute atomic E-state index is 0.0504. The molecule has 0 unspecified atom stereocenters. The molecule has 35 heavy (non-hydrogen) atoms. The zero-order valence-electron chi connectivity index (χ0n) is 19.2. The fourth-order valence-corrected chi connectivity index (χ4v) is 6.50. The quantitative estimate of drug-likeness (QED) is 0.315. The summed E-state index contributed by atoms with van der Waals surface area (Å²) in [6, 6.07) is 7.48. The van der Waals surface area contributed by atoms with Gasteiger partial charge in [0.1, 0.15) is 22.9 Å². The number of nitrogens with zero attached hydrogens (tertiary/aromatic N) is 1. The molecular weight excluding hydrogens is 498 g/mol. The Balaban J connectivity index is 1.70. The van der Waals surface area contributed by atoms with E-state index in [1.807, 2.05) is 0 Å². The Morgan fingerprint density at radius 1 is 0.971 bits per heavy atom. The summed E-state index contributed by atoms with van der Waals surface area (Å²) >= 11 is 0. The maximum atomic E-state index is 12.8. The van der Waals surface area contributed by atoms with Crippen LogP contribution in [-0.4, -0.2) is 39.1 Å². The molecule has 0 aliphatic carbocycles. The number of hydrogen-bond acceptors (Lipinski definition) is 8. The first-order chi connectivity index (χ1) is 16.3. The summed E-state index contributed by atoms with van der Waals surface area (Å²) in [7, 11) is -8.10. The molecule has 2 aromatic carbocycles. The van der Waals surface area contributed by atoms with Gasteiger partial charge in [-0.25, -0.2) is 16.8 Å². The molecule has 3 N–H and O–H groups in total. The topological polar surface area (TPSA) is 169 Å². The minimum Gasteiger partial charge on any atom is -0.480 e. The molecule has 0 saturated carbocycles. The molecule has 0 saturated heterocycles. The molecule has 2 aromatic heterocycles. The molecule has 0 fully saturated rings. The first kappa shape index (κ1) is 24.7. The van der Waals surface area contributed by atoms with Gasteiger partial charge in [0.05, 0.1) is 10.6 Å². The highest BCUT2D eigenvalue weighted by atomic mass is 32.2. The second kappa shape index (κ2) is 8.66. The molecule has 0 amide bonds. The number of furan rings is 1. The number of aryl methyl sites for hydroxylation is 2. The van der Waals surface area contributed by atoms with Gasteiger partial charge in [0.25, 0.3) is 10.0 Å². The van der Waals surface area contributed by atoms with Gasteiger partial charge in [-0.1, -0.05) is 19.0 Å². The van der Waals surface area contributed by atoms with Crippen LogP contribution in [0.2, 0.25) is 0 Å². The molecule has 1 atom stereocenters. The molecular formula is C22H23N3O8S2. The summed E-state index contributed by atoms with van der Waals surface area (Å²) in [6.45, 7) is 6.22. The molecule has 0 aliphatic rings. The molecule has 13 heteroatoms. The second-order valence-electron chi connectivity index (χ2n) is 8.41. The number of aromatic nitrogens is 1. The zero-order chi connectivity index (χ0) is 25.7. The number of sulfonamides is 2. The van der Waals surface area contributed by atoms with E-state index in [0.29, 0.717) is 21.9 Å². The highest BCUT2D eigenvalue weighted by molar-refractivity contribution is 7.92. The van der Waals surface area contributed by atoms with Crippen LogP contribution in [0, 0.1) is 19.8 Å². The summed E-state index contributed by atoms with van der Waals surface area (Å²) in [4.78, 5) is 11.3. The van der Waals surface area contributed by atoms with Crippen LogP contribution in [0.25, 0.3) is 21.9 Å². The van der Waals surface area contributed by atoms with E-state index in [4.69, 9.17) is 8.94 Å². The average Bonchev–Trinajstić information content (AvgIpc) is 3.29. The predicted molar refractivity (Wildman–Crippen MR) is 127 cm³/mol. The summed E-state index contributed by atoms with van der Waals surface area (Å²) < 4.78 is 66.7. The number of carbonyl (C=O) groups is 1. The molecule has 186 valence electrons. The standard InChI is InChI=1S/C22H23N3O8S2/c1-11(2)20(22(26)27)25-34(28,29)15-6-8-18-17(10-15)16-7-5-14(9-19(16)32-18)24-35(30,31)21-12(3)23-33-13(21)4/h5-11,20,24-25H,1-4H3,(H,26,27)/t20-/m0/s1. The molecule has 0 spiro atoms. The molecule has 0 radical (unpaired) electrons. The normalized spacial score (nSPS) is 13.5. The van der Waals surface area contributed by atoms with E-state index in [-0.39, 0.29) is 26.9 Å². The number of fused-ring (bicyclic) bond motifs is 3. The van der Waals surface area contributed by atoms with Gasteiger partial charge >= 0.3 is 5.97 Å². The van der Waals surface area contributed by atoms with E-state index < -0.39 is 38.0 Å². The van der Waals surface area contributed by atoms with E-state index in [1.54, 1.807) is 19.9 Å². The van der Waals surface area contributed by atoms with Crippen molar-refractivity contribution in [1.82, 2.24) is 9.88 Å². The lowest BCUT2D eigenvalue weighted by atomic mass is 10.1. The van der Waals surface area contributed by atoms with Crippen molar-refractivity contribution in [2.24, 2.45) is 5.92 Å². The van der Waals surface area contributed by atoms with Crippen molar-refractivity contribution >= 4 is 53.6 Å². The van der Waals surface area contributed by atoms with E-state index >= 15 is 0 Å². The Labute approximate surface area is 201 Å². The summed E-state index contributed by atoms with van der Waals surface area (Å²) in [5.74, 6) is -1.58. The summed E-state index contributed by atoms with van der Waals surface area (Å²) in [5, 5.41) is 14.0.